The van der Waals surface area contributed by atoms with Gasteiger partial charge < -0.3 is 69.7 Å². The number of hydrogen-bond acceptors (Lipinski definition) is 18. The van der Waals surface area contributed by atoms with Gasteiger partial charge in [-0.05, 0) is 56.4 Å². The topological polar surface area (TPSA) is 282 Å². The maximum Gasteiger partial charge on any atom is 0.327 e. The van der Waals surface area contributed by atoms with E-state index in [4.69, 9.17) is 33.3 Å². The Kier molecular flexibility index (Phi) is 14.3. The molecule has 2 aromatic rings. The van der Waals surface area contributed by atoms with Gasteiger partial charge in [-0.25, -0.2) is 0 Å². The van der Waals surface area contributed by atoms with E-state index in [1.54, 1.807) is 51.1 Å². The van der Waals surface area contributed by atoms with E-state index >= 15 is 4.79 Å². The Labute approximate surface area is 387 Å². The summed E-state index contributed by atoms with van der Waals surface area (Å²) in [7, 11) is 0. The number of benzene rings is 2. The molecule has 2 aliphatic carbocycles. The van der Waals surface area contributed by atoms with Crippen molar-refractivity contribution < 1.29 is 83.1 Å². The molecule has 4 aliphatic heterocycles. The number of amides is 2. The lowest BCUT2D eigenvalue weighted by molar-refractivity contribution is -0.298. The number of nitrogens with one attached hydrogen (secondary N) is 2. The maximum absolute atomic E-state index is 15.1. The minimum atomic E-state index is -1.72. The molecule has 20 heteroatoms. The van der Waals surface area contributed by atoms with Crippen molar-refractivity contribution in [1.82, 2.24) is 15.7 Å². The first kappa shape index (κ1) is 49.0. The number of ether oxygens (including phenoxy) is 6. The molecule has 0 radical (unpaired) electrons. The van der Waals surface area contributed by atoms with Crippen molar-refractivity contribution in [3.05, 3.63) is 76.9 Å². The summed E-state index contributed by atoms with van der Waals surface area (Å²) in [5.41, 5.74) is 0.964. The molecule has 2 aromatic carbocycles. The van der Waals surface area contributed by atoms with Crippen LogP contribution in [0.4, 0.5) is 0 Å². The van der Waals surface area contributed by atoms with Gasteiger partial charge in [-0.2, -0.15) is 5.06 Å². The van der Waals surface area contributed by atoms with Crippen molar-refractivity contribution in [2.45, 2.75) is 157 Å². The Balaban J connectivity index is 1.02. The minimum Gasteiger partial charge on any atom is -0.460 e. The molecular weight excluding hydrogens is 879 g/mol. The quantitative estimate of drug-likeness (QED) is 0.0943. The summed E-state index contributed by atoms with van der Waals surface area (Å²) in [5.74, 6) is -4.01. The van der Waals surface area contributed by atoms with Crippen LogP contribution in [-0.2, 0) is 71.8 Å². The Hall–Kier alpha value is -4.42. The molecule has 2 amide bonds. The van der Waals surface area contributed by atoms with Gasteiger partial charge in [-0.3, -0.25) is 24.0 Å². The molecule has 1 saturated carbocycles. The predicted molar refractivity (Wildman–Crippen MR) is 230 cm³/mol. The summed E-state index contributed by atoms with van der Waals surface area (Å²) in [6, 6.07) is 11.2. The van der Waals surface area contributed by atoms with E-state index in [2.05, 4.69) is 10.6 Å². The summed E-state index contributed by atoms with van der Waals surface area (Å²) < 4.78 is 36.0. The van der Waals surface area contributed by atoms with Crippen molar-refractivity contribution in [1.29, 1.82) is 0 Å². The maximum atomic E-state index is 15.1. The summed E-state index contributed by atoms with van der Waals surface area (Å²) in [4.78, 5) is 62.5. The fraction of sp³-hybridized carbons (Fsp3) is 0.617. The molecule has 1 spiro atoms. The van der Waals surface area contributed by atoms with Gasteiger partial charge in [0.25, 0.3) is 0 Å². The number of fused-ring (bicyclic) bond motifs is 5. The molecule has 4 saturated heterocycles. The van der Waals surface area contributed by atoms with Crippen LogP contribution in [0.25, 0.3) is 6.08 Å². The van der Waals surface area contributed by atoms with E-state index in [0.717, 1.165) is 11.1 Å². The van der Waals surface area contributed by atoms with Gasteiger partial charge in [0, 0.05) is 25.7 Å². The van der Waals surface area contributed by atoms with Crippen LogP contribution in [0.2, 0.25) is 0 Å². The fourth-order valence-corrected chi connectivity index (χ4v) is 10.1. The van der Waals surface area contributed by atoms with Crippen LogP contribution in [-0.4, -0.2) is 170 Å². The van der Waals surface area contributed by atoms with Crippen molar-refractivity contribution in [2.75, 3.05) is 19.8 Å². The largest absolute Gasteiger partial charge is 0.460 e. The van der Waals surface area contributed by atoms with Crippen LogP contribution >= 0.6 is 0 Å². The molecule has 8 N–H and O–H groups in total. The smallest absolute Gasteiger partial charge is 0.327 e. The van der Waals surface area contributed by atoms with Gasteiger partial charge in [0.05, 0.1) is 38.5 Å². The van der Waals surface area contributed by atoms with Gasteiger partial charge in [-0.1, -0.05) is 60.7 Å². The zero-order valence-electron chi connectivity index (χ0n) is 37.8. The Morgan fingerprint density at radius 1 is 0.970 bits per heavy atom. The highest BCUT2D eigenvalue weighted by Crippen LogP contribution is 2.58. The van der Waals surface area contributed by atoms with E-state index in [9.17, 15) is 45.0 Å². The van der Waals surface area contributed by atoms with Crippen LogP contribution < -0.4 is 10.6 Å². The predicted octanol–water partition coefficient (Wildman–Crippen LogP) is -0.940. The number of carbonyl (C=O) groups is 4. The van der Waals surface area contributed by atoms with Gasteiger partial charge in [0.2, 0.25) is 11.8 Å². The number of aliphatic hydroxyl groups excluding tert-OH is 6. The second-order valence-corrected chi connectivity index (χ2v) is 19.3. The zero-order chi connectivity index (χ0) is 48.0. The number of aliphatic hydroxyl groups is 6. The van der Waals surface area contributed by atoms with Crippen LogP contribution in [0, 0.1) is 5.41 Å². The summed E-state index contributed by atoms with van der Waals surface area (Å²) >= 11 is 0. The third kappa shape index (κ3) is 9.90. The number of nitrogens with zero attached hydrogens (tertiary/aromatic N) is 1. The molecule has 2 bridgehead atoms. The molecule has 0 unspecified atom stereocenters. The van der Waals surface area contributed by atoms with Crippen molar-refractivity contribution in [2.24, 2.45) is 5.41 Å². The highest BCUT2D eigenvalue weighted by Gasteiger charge is 2.76. The number of carbonyl (C=O) groups excluding carboxylic acids is 4. The third-order valence-electron chi connectivity index (χ3n) is 13.3. The second-order valence-electron chi connectivity index (χ2n) is 19.3. The van der Waals surface area contributed by atoms with Crippen LogP contribution in [0.3, 0.4) is 0 Å². The third-order valence-corrected chi connectivity index (χ3v) is 13.3. The lowest BCUT2D eigenvalue weighted by Gasteiger charge is -2.49. The first-order chi connectivity index (χ1) is 31.8. The Morgan fingerprint density at radius 2 is 1.69 bits per heavy atom. The summed E-state index contributed by atoms with van der Waals surface area (Å²) in [6.07, 6.45) is -8.33. The molecule has 14 atom stereocenters. The zero-order valence-corrected chi connectivity index (χ0v) is 37.8. The van der Waals surface area contributed by atoms with E-state index in [1.165, 1.54) is 12.0 Å². The summed E-state index contributed by atoms with van der Waals surface area (Å²) in [6.45, 7) is 5.24. The van der Waals surface area contributed by atoms with Crippen LogP contribution in [0.5, 0.6) is 0 Å². The molecule has 366 valence electrons. The van der Waals surface area contributed by atoms with Crippen LogP contribution in [0.1, 0.15) is 69.2 Å². The van der Waals surface area contributed by atoms with Gasteiger partial charge in [-0.15, -0.1) is 0 Å². The molecular formula is C47H61N3O17. The number of esters is 2. The average Bonchev–Trinajstić information content (AvgIpc) is 3.96. The molecule has 8 rings (SSSR count). The Bertz CT molecular complexity index is 2160. The normalized spacial score (nSPS) is 33.1. The standard InChI is InChI=1S/C47H61N3O17/c1-24(53)33(41(58)48-29(22-51)14-15-32(54)64-45(2,3)4)49-44(60)47-20-30-37-38(66-46(65-37)18-27-12-5-6-13-28(27)19-46)40(47)67-50(39(47)42(59)62-30)21-26-10-7-9-25(17-26)11-8-16-61-43-36(57)35(56)34(55)31(23-52)63-43/h5-13,17,24,29-31,33-40,43,51-53,55-57H,14-16,18-23H2,1-4H3,(H,48,58)(H,49,60)/t24-,29-,30+,31+,33+,34-,35-,36+,37-,38-,39-,40+,43-,47-/m0/s1. The van der Waals surface area contributed by atoms with Gasteiger partial charge >= 0.3 is 11.9 Å². The van der Waals surface area contributed by atoms with E-state index in [0.29, 0.717) is 24.0 Å². The molecule has 5 fully saturated rings. The minimum absolute atomic E-state index is 0.0149. The van der Waals surface area contributed by atoms with Crippen molar-refractivity contribution in [3.63, 3.8) is 0 Å². The number of hydroxylamine groups is 2. The number of rotatable bonds is 16. The highest BCUT2D eigenvalue weighted by molar-refractivity contribution is 5.96. The fourth-order valence-electron chi connectivity index (χ4n) is 10.1. The lowest BCUT2D eigenvalue weighted by atomic mass is 9.62. The van der Waals surface area contributed by atoms with Crippen molar-refractivity contribution in [3.8, 4) is 0 Å². The SMILES string of the molecule is C[C@H](O)[C@@H](NC(=O)[C@@]12C[C@H]3OC(=O)[C@@H]1N(Cc1cccc(C=CCO[C@H]4O[C@H](CO)[C@H](O)[C@H](O)[C@H]4O)c1)O[C@@H]2[C@H]1OC2(Cc4ccccc4C2)O[C@H]13)C(=O)N[C@H](CO)CCC(=O)OC(C)(C)C. The molecule has 6 aliphatic rings. The first-order valence-corrected chi connectivity index (χ1v) is 22.7. The Morgan fingerprint density at radius 3 is 2.36 bits per heavy atom. The lowest BCUT2D eigenvalue weighted by Crippen LogP contribution is -2.71. The van der Waals surface area contributed by atoms with E-state index < -0.39 is 133 Å². The molecule has 4 heterocycles. The van der Waals surface area contributed by atoms with Gasteiger partial charge in [0.1, 0.15) is 65.9 Å². The number of hydrogen-bond donors (Lipinski definition) is 8. The summed E-state index contributed by atoms with van der Waals surface area (Å²) in [5, 5.41) is 67.9. The van der Waals surface area contributed by atoms with E-state index in [-0.39, 0.29) is 32.4 Å². The van der Waals surface area contributed by atoms with E-state index in [1.807, 2.05) is 30.3 Å². The highest BCUT2D eigenvalue weighted by atomic mass is 16.8. The van der Waals surface area contributed by atoms with Crippen LogP contribution in [0.15, 0.2) is 54.6 Å². The molecule has 20 nitrogen and oxygen atoms in total. The van der Waals surface area contributed by atoms with Gasteiger partial charge in [0.15, 0.2) is 18.1 Å². The molecule has 67 heavy (non-hydrogen) atoms. The molecule has 0 aromatic heterocycles. The first-order valence-electron chi connectivity index (χ1n) is 22.7. The monoisotopic (exact) mass is 939 g/mol. The van der Waals surface area contributed by atoms with Crippen molar-refractivity contribution >= 4 is 29.8 Å². The average molecular weight is 940 g/mol. The second kappa shape index (κ2) is 19.5.